The normalized spacial score (nSPS) is 31.9. The number of halogens is 1. The Bertz CT molecular complexity index is 149. The lowest BCUT2D eigenvalue weighted by Gasteiger charge is -2.61. The first-order valence-electron chi connectivity index (χ1n) is 4.27. The van der Waals surface area contributed by atoms with Gasteiger partial charge in [-0.25, -0.2) is 0 Å². The average molecular weight is 176 g/mol. The Morgan fingerprint density at radius 3 is 1.91 bits per heavy atom. The quantitative estimate of drug-likeness (QED) is 0.601. The molecule has 0 aromatic heterocycles. The first-order valence-corrected chi connectivity index (χ1v) is 4.27. The monoisotopic (exact) mass is 175 g/mol. The second kappa shape index (κ2) is 2.37. The van der Waals surface area contributed by atoms with E-state index in [0.29, 0.717) is 11.5 Å². The highest BCUT2D eigenvalue weighted by Crippen LogP contribution is 2.63. The van der Waals surface area contributed by atoms with Gasteiger partial charge < -0.3 is 5.73 Å². The summed E-state index contributed by atoms with van der Waals surface area (Å²) in [5.41, 5.74) is 7.12. The van der Waals surface area contributed by atoms with E-state index in [4.69, 9.17) is 5.73 Å². The highest BCUT2D eigenvalue weighted by molar-refractivity contribution is 5.85. The van der Waals surface area contributed by atoms with E-state index in [1.54, 1.807) is 0 Å². The van der Waals surface area contributed by atoms with Crippen LogP contribution < -0.4 is 5.73 Å². The number of rotatable bonds is 0. The molecule has 0 heterocycles. The molecule has 0 atom stereocenters. The molecule has 2 aliphatic carbocycles. The summed E-state index contributed by atoms with van der Waals surface area (Å²) >= 11 is 0. The summed E-state index contributed by atoms with van der Waals surface area (Å²) in [4.78, 5) is 0. The van der Waals surface area contributed by atoms with Crippen LogP contribution in [-0.2, 0) is 0 Å². The second-order valence-electron chi connectivity index (χ2n) is 5.19. The fraction of sp³-hybridized carbons (Fsp3) is 1.00. The molecule has 0 aromatic rings. The second-order valence-corrected chi connectivity index (χ2v) is 5.19. The smallest absolute Gasteiger partial charge is 0.00494 e. The van der Waals surface area contributed by atoms with E-state index in [0.717, 1.165) is 5.41 Å². The van der Waals surface area contributed by atoms with Gasteiger partial charge in [-0.3, -0.25) is 0 Å². The summed E-state index contributed by atoms with van der Waals surface area (Å²) < 4.78 is 0. The molecule has 11 heavy (non-hydrogen) atoms. The van der Waals surface area contributed by atoms with Crippen molar-refractivity contribution in [3.8, 4) is 0 Å². The van der Waals surface area contributed by atoms with Gasteiger partial charge in [0.15, 0.2) is 0 Å². The van der Waals surface area contributed by atoms with Crippen LogP contribution in [0.3, 0.4) is 0 Å². The van der Waals surface area contributed by atoms with Crippen LogP contribution in [0.15, 0.2) is 0 Å². The molecule has 1 nitrogen and oxygen atoms in total. The Balaban J connectivity index is 0.000000605. The predicted molar refractivity (Wildman–Crippen MR) is 49.9 cm³/mol. The van der Waals surface area contributed by atoms with Crippen molar-refractivity contribution in [3.05, 3.63) is 0 Å². The lowest BCUT2D eigenvalue weighted by Crippen LogP contribution is -2.56. The van der Waals surface area contributed by atoms with Crippen LogP contribution in [0.4, 0.5) is 0 Å². The van der Waals surface area contributed by atoms with Crippen molar-refractivity contribution in [2.24, 2.45) is 16.6 Å². The van der Waals surface area contributed by atoms with Gasteiger partial charge in [0.25, 0.3) is 0 Å². The van der Waals surface area contributed by atoms with Crippen LogP contribution in [0.2, 0.25) is 0 Å². The van der Waals surface area contributed by atoms with Gasteiger partial charge in [0.05, 0.1) is 0 Å². The van der Waals surface area contributed by atoms with Gasteiger partial charge in [-0.1, -0.05) is 13.8 Å². The van der Waals surface area contributed by atoms with Gasteiger partial charge in [-0.15, -0.1) is 12.4 Å². The predicted octanol–water partition coefficient (Wildman–Crippen LogP) is 2.34. The van der Waals surface area contributed by atoms with Crippen LogP contribution in [0, 0.1) is 10.8 Å². The zero-order valence-corrected chi connectivity index (χ0v) is 8.21. The molecule has 2 N–H and O–H groups in total. The third-order valence-corrected chi connectivity index (χ3v) is 3.10. The first-order chi connectivity index (χ1) is 4.52. The summed E-state index contributed by atoms with van der Waals surface area (Å²) in [5.74, 6) is 0. The third kappa shape index (κ3) is 1.41. The maximum absolute atomic E-state index is 5.75. The van der Waals surface area contributed by atoms with Gasteiger partial charge in [0.1, 0.15) is 0 Å². The molecular formula is C9H18ClN. The molecular weight excluding hydrogens is 158 g/mol. The summed E-state index contributed by atoms with van der Waals surface area (Å²) in [5, 5.41) is 0. The van der Waals surface area contributed by atoms with Gasteiger partial charge in [-0.2, -0.15) is 0 Å². The Hall–Kier alpha value is 0.250. The van der Waals surface area contributed by atoms with E-state index < -0.39 is 0 Å². The Morgan fingerprint density at radius 2 is 1.64 bits per heavy atom. The fourth-order valence-corrected chi connectivity index (χ4v) is 3.32. The van der Waals surface area contributed by atoms with Crippen molar-refractivity contribution >= 4 is 12.4 Å². The molecule has 2 rings (SSSR count). The maximum atomic E-state index is 5.75. The molecule has 0 unspecified atom stereocenters. The SMILES string of the molecule is CC1(C)CC2(CC(N)C2)C1.Cl. The molecule has 1 spiro atoms. The molecule has 0 aromatic carbocycles. The average Bonchev–Trinajstić information content (AvgIpc) is 1.55. The van der Waals surface area contributed by atoms with E-state index in [9.17, 15) is 0 Å². The maximum Gasteiger partial charge on any atom is 0.00494 e. The third-order valence-electron chi connectivity index (χ3n) is 3.10. The zero-order valence-electron chi connectivity index (χ0n) is 7.39. The van der Waals surface area contributed by atoms with E-state index >= 15 is 0 Å². The molecule has 66 valence electrons. The van der Waals surface area contributed by atoms with Crippen molar-refractivity contribution in [2.45, 2.75) is 45.6 Å². The van der Waals surface area contributed by atoms with E-state index in [1.165, 1.54) is 25.7 Å². The fourth-order valence-electron chi connectivity index (χ4n) is 3.32. The van der Waals surface area contributed by atoms with Gasteiger partial charge in [-0.05, 0) is 36.5 Å². The van der Waals surface area contributed by atoms with E-state index in [2.05, 4.69) is 13.8 Å². The molecule has 0 radical (unpaired) electrons. The minimum Gasteiger partial charge on any atom is -0.328 e. The highest BCUT2D eigenvalue weighted by Gasteiger charge is 2.54. The van der Waals surface area contributed by atoms with Crippen LogP contribution in [0.25, 0.3) is 0 Å². The molecule has 2 saturated carbocycles. The minimum absolute atomic E-state index is 0. The topological polar surface area (TPSA) is 26.0 Å². The van der Waals surface area contributed by atoms with Crippen molar-refractivity contribution < 1.29 is 0 Å². The minimum atomic E-state index is 0. The van der Waals surface area contributed by atoms with Crippen molar-refractivity contribution in [3.63, 3.8) is 0 Å². The first kappa shape index (κ1) is 9.34. The molecule has 0 bridgehead atoms. The summed E-state index contributed by atoms with van der Waals surface area (Å²) in [7, 11) is 0. The van der Waals surface area contributed by atoms with Crippen molar-refractivity contribution in [2.75, 3.05) is 0 Å². The Morgan fingerprint density at radius 1 is 1.18 bits per heavy atom. The summed E-state index contributed by atoms with van der Waals surface area (Å²) in [6.07, 6.45) is 5.45. The summed E-state index contributed by atoms with van der Waals surface area (Å²) in [6.45, 7) is 4.73. The van der Waals surface area contributed by atoms with Crippen LogP contribution in [-0.4, -0.2) is 6.04 Å². The highest BCUT2D eigenvalue weighted by atomic mass is 35.5. The lowest BCUT2D eigenvalue weighted by molar-refractivity contribution is -0.0861. The standard InChI is InChI=1S/C9H17N.ClH/c1-8(2)5-9(6-8)3-7(10)4-9;/h7H,3-6,10H2,1-2H3;1H. The van der Waals surface area contributed by atoms with Crippen LogP contribution >= 0.6 is 12.4 Å². The molecule has 2 aliphatic rings. The van der Waals surface area contributed by atoms with E-state index in [-0.39, 0.29) is 12.4 Å². The molecule has 2 heteroatoms. The van der Waals surface area contributed by atoms with Crippen molar-refractivity contribution in [1.82, 2.24) is 0 Å². The number of hydrogen-bond donors (Lipinski definition) is 1. The van der Waals surface area contributed by atoms with Gasteiger partial charge in [0.2, 0.25) is 0 Å². The van der Waals surface area contributed by atoms with Gasteiger partial charge >= 0.3 is 0 Å². The number of hydrogen-bond acceptors (Lipinski definition) is 1. The van der Waals surface area contributed by atoms with Crippen LogP contribution in [0.5, 0.6) is 0 Å². The van der Waals surface area contributed by atoms with E-state index in [1.807, 2.05) is 0 Å². The van der Waals surface area contributed by atoms with Gasteiger partial charge in [0, 0.05) is 6.04 Å². The molecule has 0 aliphatic heterocycles. The number of nitrogens with two attached hydrogens (primary N) is 1. The Labute approximate surface area is 75.1 Å². The Kier molecular flexibility index (Phi) is 2.01. The molecule has 0 amide bonds. The summed E-state index contributed by atoms with van der Waals surface area (Å²) in [6, 6.07) is 0.538. The molecule has 2 fully saturated rings. The van der Waals surface area contributed by atoms with Crippen molar-refractivity contribution in [1.29, 1.82) is 0 Å². The largest absolute Gasteiger partial charge is 0.328 e. The lowest BCUT2D eigenvalue weighted by atomic mass is 9.45. The zero-order chi connectivity index (χ0) is 7.41. The molecule has 0 saturated heterocycles. The van der Waals surface area contributed by atoms with Crippen LogP contribution in [0.1, 0.15) is 39.5 Å².